The summed E-state index contributed by atoms with van der Waals surface area (Å²) in [5.74, 6) is -0.0705. The van der Waals surface area contributed by atoms with Gasteiger partial charge in [0.05, 0.1) is 17.8 Å². The van der Waals surface area contributed by atoms with Gasteiger partial charge in [0.1, 0.15) is 5.15 Å². The quantitative estimate of drug-likeness (QED) is 0.593. The van der Waals surface area contributed by atoms with Crippen molar-refractivity contribution < 1.29 is 4.79 Å². The Kier molecular flexibility index (Phi) is 6.08. The molecule has 3 heterocycles. The Labute approximate surface area is 183 Å². The molecule has 0 N–H and O–H groups in total. The van der Waals surface area contributed by atoms with Crippen LogP contribution in [0.5, 0.6) is 0 Å². The fraction of sp³-hybridized carbons (Fsp3) is 0.350. The zero-order valence-electron chi connectivity index (χ0n) is 16.0. The van der Waals surface area contributed by atoms with E-state index in [1.54, 1.807) is 16.0 Å². The summed E-state index contributed by atoms with van der Waals surface area (Å²) in [6.07, 6.45) is 2.69. The highest BCUT2D eigenvalue weighted by Crippen LogP contribution is 2.26. The summed E-state index contributed by atoms with van der Waals surface area (Å²) in [5.41, 5.74) is 2.01. The number of amides is 1. The maximum absolute atomic E-state index is 13.3. The molecule has 0 bridgehead atoms. The number of halogens is 2. The van der Waals surface area contributed by atoms with Crippen LogP contribution in [0, 0.1) is 6.92 Å². The Hall–Kier alpha value is -2.09. The van der Waals surface area contributed by atoms with Gasteiger partial charge in [0.25, 0.3) is 5.91 Å². The Bertz CT molecular complexity index is 1000. The van der Waals surface area contributed by atoms with Crippen LogP contribution in [0.15, 0.2) is 35.8 Å². The van der Waals surface area contributed by atoms with Gasteiger partial charge in [-0.1, -0.05) is 41.4 Å². The van der Waals surface area contributed by atoms with Crippen LogP contribution in [0.25, 0.3) is 0 Å². The Balaban J connectivity index is 1.51. The molecule has 2 aromatic heterocycles. The largest absolute Gasteiger partial charge is 0.346 e. The van der Waals surface area contributed by atoms with E-state index in [4.69, 9.17) is 23.2 Å². The zero-order chi connectivity index (χ0) is 20.4. The second kappa shape index (κ2) is 8.73. The normalized spacial score (nSPS) is 14.9. The van der Waals surface area contributed by atoms with E-state index in [-0.39, 0.29) is 5.91 Å². The number of nitrogens with zero attached hydrogens (tertiary/aromatic N) is 5. The Morgan fingerprint density at radius 3 is 2.76 bits per heavy atom. The molecule has 6 nitrogen and oxygen atoms in total. The maximum atomic E-state index is 13.3. The topological polar surface area (TPSA) is 54.3 Å². The number of aryl methyl sites for hydroxylation is 1. The first-order valence-corrected chi connectivity index (χ1v) is 11.1. The van der Waals surface area contributed by atoms with Crippen molar-refractivity contribution in [2.24, 2.45) is 0 Å². The van der Waals surface area contributed by atoms with E-state index in [0.29, 0.717) is 41.1 Å². The monoisotopic (exact) mass is 449 g/mol. The summed E-state index contributed by atoms with van der Waals surface area (Å²) in [7, 11) is 0. The standard InChI is InChI=1S/C20H21Cl2N5OS/c1-14-17(18(22)27(24-14)13-15-5-2-3-6-16(15)21)19(28)25-8-4-9-26(11-10-25)20-23-7-12-29-20/h2-3,5-7,12H,4,8-11,13H2,1H3. The SMILES string of the molecule is Cc1nn(Cc2ccccc2Cl)c(Cl)c1C(=O)N1CCCN(c2nccs2)CC1. The second-order valence-electron chi connectivity index (χ2n) is 6.95. The van der Waals surface area contributed by atoms with Gasteiger partial charge in [0.2, 0.25) is 0 Å². The second-order valence-corrected chi connectivity index (χ2v) is 8.59. The van der Waals surface area contributed by atoms with Crippen LogP contribution in [0.1, 0.15) is 28.0 Å². The van der Waals surface area contributed by atoms with E-state index in [2.05, 4.69) is 15.0 Å². The minimum Gasteiger partial charge on any atom is -0.346 e. The Morgan fingerprint density at radius 2 is 2.00 bits per heavy atom. The van der Waals surface area contributed by atoms with Gasteiger partial charge in [-0.25, -0.2) is 9.67 Å². The maximum Gasteiger partial charge on any atom is 0.258 e. The van der Waals surface area contributed by atoms with Gasteiger partial charge >= 0.3 is 0 Å². The van der Waals surface area contributed by atoms with Gasteiger partial charge in [-0.05, 0) is 25.0 Å². The lowest BCUT2D eigenvalue weighted by Crippen LogP contribution is -2.35. The lowest BCUT2D eigenvalue weighted by molar-refractivity contribution is 0.0766. The molecule has 1 aromatic carbocycles. The van der Waals surface area contributed by atoms with Crippen molar-refractivity contribution >= 4 is 45.6 Å². The van der Waals surface area contributed by atoms with Crippen LogP contribution < -0.4 is 4.90 Å². The lowest BCUT2D eigenvalue weighted by Gasteiger charge is -2.21. The number of hydrogen-bond acceptors (Lipinski definition) is 5. The lowest BCUT2D eigenvalue weighted by atomic mass is 10.2. The van der Waals surface area contributed by atoms with E-state index in [1.807, 2.05) is 47.7 Å². The van der Waals surface area contributed by atoms with Gasteiger partial charge in [-0.2, -0.15) is 5.10 Å². The summed E-state index contributed by atoms with van der Waals surface area (Å²) in [6, 6.07) is 7.56. The summed E-state index contributed by atoms with van der Waals surface area (Å²) in [5, 5.41) is 8.48. The molecule has 152 valence electrons. The van der Waals surface area contributed by atoms with E-state index < -0.39 is 0 Å². The number of hydrogen-bond donors (Lipinski definition) is 0. The third kappa shape index (κ3) is 4.27. The molecule has 1 fully saturated rings. The third-order valence-electron chi connectivity index (χ3n) is 5.03. The molecule has 1 saturated heterocycles. The van der Waals surface area contributed by atoms with E-state index >= 15 is 0 Å². The van der Waals surface area contributed by atoms with Crippen molar-refractivity contribution in [3.63, 3.8) is 0 Å². The van der Waals surface area contributed by atoms with Gasteiger partial charge in [-0.3, -0.25) is 4.79 Å². The zero-order valence-corrected chi connectivity index (χ0v) is 18.3. The predicted octanol–water partition coefficient (Wildman–Crippen LogP) is 4.36. The van der Waals surface area contributed by atoms with Crippen LogP contribution in [0.4, 0.5) is 5.13 Å². The molecule has 0 atom stereocenters. The molecular weight excluding hydrogens is 429 g/mol. The highest BCUT2D eigenvalue weighted by atomic mass is 35.5. The summed E-state index contributed by atoms with van der Waals surface area (Å²) >= 11 is 14.5. The molecule has 1 aliphatic heterocycles. The molecule has 0 spiro atoms. The van der Waals surface area contributed by atoms with E-state index in [9.17, 15) is 4.79 Å². The minimum absolute atomic E-state index is 0.0705. The van der Waals surface area contributed by atoms with Crippen molar-refractivity contribution in [2.45, 2.75) is 19.9 Å². The summed E-state index contributed by atoms with van der Waals surface area (Å²) in [6.45, 7) is 5.20. The average Bonchev–Trinajstić information content (AvgIpc) is 3.25. The third-order valence-corrected chi connectivity index (χ3v) is 6.62. The number of thiazole rings is 1. The van der Waals surface area contributed by atoms with Gasteiger partial charge in [0.15, 0.2) is 5.13 Å². The van der Waals surface area contributed by atoms with Crippen LogP contribution >= 0.6 is 34.5 Å². The molecule has 0 unspecified atom stereocenters. The smallest absolute Gasteiger partial charge is 0.258 e. The number of rotatable bonds is 4. The van der Waals surface area contributed by atoms with Gasteiger partial charge < -0.3 is 9.80 Å². The number of carbonyl (C=O) groups excluding carboxylic acids is 1. The van der Waals surface area contributed by atoms with E-state index in [0.717, 1.165) is 30.2 Å². The number of benzene rings is 1. The molecule has 29 heavy (non-hydrogen) atoms. The number of aromatic nitrogens is 3. The van der Waals surface area contributed by atoms with Crippen molar-refractivity contribution in [3.8, 4) is 0 Å². The highest BCUT2D eigenvalue weighted by molar-refractivity contribution is 7.13. The summed E-state index contributed by atoms with van der Waals surface area (Å²) in [4.78, 5) is 21.7. The number of carbonyl (C=O) groups is 1. The van der Waals surface area contributed by atoms with Crippen molar-refractivity contribution in [1.29, 1.82) is 0 Å². The molecule has 4 rings (SSSR count). The van der Waals surface area contributed by atoms with Gasteiger partial charge in [-0.15, -0.1) is 11.3 Å². The first-order valence-electron chi connectivity index (χ1n) is 9.44. The first kappa shape index (κ1) is 20.2. The minimum atomic E-state index is -0.0705. The van der Waals surface area contributed by atoms with Gasteiger partial charge in [0, 0.05) is 42.8 Å². The van der Waals surface area contributed by atoms with Crippen molar-refractivity contribution in [1.82, 2.24) is 19.7 Å². The molecule has 0 aliphatic carbocycles. The summed E-state index contributed by atoms with van der Waals surface area (Å²) < 4.78 is 1.64. The molecule has 3 aromatic rings. The molecule has 0 saturated carbocycles. The molecule has 1 aliphatic rings. The van der Waals surface area contributed by atoms with Crippen LogP contribution in [-0.4, -0.2) is 51.8 Å². The molecular formula is C20H21Cl2N5OS. The Morgan fingerprint density at radius 1 is 1.17 bits per heavy atom. The highest BCUT2D eigenvalue weighted by Gasteiger charge is 2.27. The molecule has 9 heteroatoms. The average molecular weight is 450 g/mol. The predicted molar refractivity (Wildman–Crippen MR) is 117 cm³/mol. The fourth-order valence-electron chi connectivity index (χ4n) is 3.53. The number of anilines is 1. The van der Waals surface area contributed by atoms with E-state index in [1.165, 1.54) is 0 Å². The van der Waals surface area contributed by atoms with Crippen molar-refractivity contribution in [2.75, 3.05) is 31.1 Å². The fourth-order valence-corrected chi connectivity index (χ4v) is 4.74. The molecule has 0 radical (unpaired) electrons. The van der Waals surface area contributed by atoms with Crippen LogP contribution in [0.3, 0.4) is 0 Å². The molecule has 1 amide bonds. The first-order chi connectivity index (χ1) is 14.0. The van der Waals surface area contributed by atoms with Crippen LogP contribution in [0.2, 0.25) is 10.2 Å². The van der Waals surface area contributed by atoms with Crippen molar-refractivity contribution in [3.05, 3.63) is 62.8 Å². The van der Waals surface area contributed by atoms with Crippen LogP contribution in [-0.2, 0) is 6.54 Å².